The van der Waals surface area contributed by atoms with E-state index in [9.17, 15) is 0 Å². The molecule has 0 radical (unpaired) electrons. The van der Waals surface area contributed by atoms with Gasteiger partial charge in [-0.2, -0.15) is 0 Å². The molecule has 1 aliphatic rings. The second kappa shape index (κ2) is 2.67. The molecule has 0 N–H and O–H groups in total. The molecule has 2 atom stereocenters. The van der Waals surface area contributed by atoms with Gasteiger partial charge in [-0.25, -0.2) is 0 Å². The summed E-state index contributed by atoms with van der Waals surface area (Å²) in [4.78, 5) is 0. The first kappa shape index (κ1) is 6.34. The summed E-state index contributed by atoms with van der Waals surface area (Å²) in [6.45, 7) is 4.88. The van der Waals surface area contributed by atoms with E-state index in [0.717, 1.165) is 0 Å². The van der Waals surface area contributed by atoms with Crippen LogP contribution in [-0.4, -0.2) is 8.80 Å². The van der Waals surface area contributed by atoms with Gasteiger partial charge in [0, 0.05) is 8.80 Å². The van der Waals surface area contributed by atoms with Crippen molar-refractivity contribution < 1.29 is 0 Å². The highest BCUT2D eigenvalue weighted by molar-refractivity contribution is 6.59. The zero-order valence-electron chi connectivity index (χ0n) is 5.98. The molecule has 0 nitrogen and oxygen atoms in total. The van der Waals surface area contributed by atoms with E-state index < -0.39 is 0 Å². The molecule has 2 unspecified atom stereocenters. The fourth-order valence-corrected chi connectivity index (χ4v) is 4.79. The van der Waals surface area contributed by atoms with Crippen molar-refractivity contribution in [3.05, 3.63) is 0 Å². The Morgan fingerprint density at radius 3 is 2.62 bits per heavy atom. The van der Waals surface area contributed by atoms with E-state index in [1.807, 2.05) is 0 Å². The summed E-state index contributed by atoms with van der Waals surface area (Å²) in [7, 11) is -0.164. The molecule has 0 aliphatic carbocycles. The Hall–Kier alpha value is 0.217. The maximum Gasteiger partial charge on any atom is 0.0367 e. The lowest BCUT2D eigenvalue weighted by Crippen LogP contribution is -2.06. The summed E-state index contributed by atoms with van der Waals surface area (Å²) in [5, 5.41) is 0. The third-order valence-corrected chi connectivity index (χ3v) is 6.30. The fourth-order valence-electron chi connectivity index (χ4n) is 1.83. The molecule has 8 heavy (non-hydrogen) atoms. The topological polar surface area (TPSA) is 0 Å². The molecule has 1 fully saturated rings. The van der Waals surface area contributed by atoms with Crippen LogP contribution in [0.25, 0.3) is 0 Å². The predicted octanol–water partition coefficient (Wildman–Crippen LogP) is 2.42. The van der Waals surface area contributed by atoms with Crippen LogP contribution in [0, 0.1) is 0 Å². The van der Waals surface area contributed by atoms with Crippen LogP contribution in [0.2, 0.25) is 18.1 Å². The molecule has 0 spiro atoms. The Balaban J connectivity index is 2.30. The lowest BCUT2D eigenvalue weighted by atomic mass is 10.2. The summed E-state index contributed by atoms with van der Waals surface area (Å²) < 4.78 is 0. The van der Waals surface area contributed by atoms with Crippen LogP contribution in [0.15, 0.2) is 0 Å². The second-order valence-electron chi connectivity index (χ2n) is 3.08. The summed E-state index contributed by atoms with van der Waals surface area (Å²) in [5.41, 5.74) is 1.20. The quantitative estimate of drug-likeness (QED) is 0.476. The van der Waals surface area contributed by atoms with E-state index in [1.165, 1.54) is 12.0 Å². The highest BCUT2D eigenvalue weighted by Gasteiger charge is 2.21. The zero-order valence-corrected chi connectivity index (χ0v) is 7.14. The van der Waals surface area contributed by atoms with Gasteiger partial charge in [-0.15, -0.1) is 0 Å². The van der Waals surface area contributed by atoms with Gasteiger partial charge >= 0.3 is 0 Å². The smallest absolute Gasteiger partial charge is 0.0367 e. The van der Waals surface area contributed by atoms with Crippen LogP contribution in [0.5, 0.6) is 0 Å². The average Bonchev–Trinajstić information content (AvgIpc) is 2.14. The average molecular weight is 128 g/mol. The predicted molar refractivity (Wildman–Crippen MR) is 41.1 cm³/mol. The van der Waals surface area contributed by atoms with Gasteiger partial charge < -0.3 is 0 Å². The van der Waals surface area contributed by atoms with Crippen molar-refractivity contribution in [2.75, 3.05) is 0 Å². The number of hydrogen-bond donors (Lipinski definition) is 0. The monoisotopic (exact) mass is 128 g/mol. The second-order valence-corrected chi connectivity index (χ2v) is 6.55. The number of hydrogen-bond acceptors (Lipinski definition) is 0. The van der Waals surface area contributed by atoms with Crippen LogP contribution in [0.3, 0.4) is 0 Å². The molecular weight excluding hydrogens is 112 g/mol. The Bertz CT molecular complexity index is 70.8. The maximum atomic E-state index is 2.53. The van der Waals surface area contributed by atoms with Crippen molar-refractivity contribution in [2.45, 2.75) is 44.3 Å². The van der Waals surface area contributed by atoms with Crippen LogP contribution < -0.4 is 0 Å². The fraction of sp³-hybridized carbons (Fsp3) is 1.00. The molecule has 0 aromatic heterocycles. The third kappa shape index (κ3) is 1.13. The lowest BCUT2D eigenvalue weighted by molar-refractivity contribution is 0.737. The van der Waals surface area contributed by atoms with Crippen LogP contribution in [-0.2, 0) is 0 Å². The minimum absolute atomic E-state index is 0.164. The van der Waals surface area contributed by atoms with Crippen molar-refractivity contribution in [3.63, 3.8) is 0 Å². The van der Waals surface area contributed by atoms with Crippen LogP contribution in [0.4, 0.5) is 0 Å². The highest BCUT2D eigenvalue weighted by Crippen LogP contribution is 2.32. The van der Waals surface area contributed by atoms with Gasteiger partial charge in [0.15, 0.2) is 0 Å². The molecule has 0 amide bonds. The van der Waals surface area contributed by atoms with E-state index >= 15 is 0 Å². The Morgan fingerprint density at radius 1 is 1.62 bits per heavy atom. The van der Waals surface area contributed by atoms with Crippen LogP contribution in [0.1, 0.15) is 26.2 Å². The molecule has 0 aromatic rings. The molecule has 1 saturated heterocycles. The molecule has 1 heteroatoms. The van der Waals surface area contributed by atoms with Gasteiger partial charge in [0.25, 0.3) is 0 Å². The van der Waals surface area contributed by atoms with Gasteiger partial charge in [-0.3, -0.25) is 0 Å². The minimum atomic E-state index is -0.164. The van der Waals surface area contributed by atoms with E-state index in [2.05, 4.69) is 13.5 Å². The molecule has 1 aliphatic heterocycles. The lowest BCUT2D eigenvalue weighted by Gasteiger charge is -2.08. The Labute approximate surface area is 53.9 Å². The third-order valence-electron chi connectivity index (χ3n) is 2.56. The van der Waals surface area contributed by atoms with E-state index in [0.29, 0.717) is 0 Å². The molecule has 0 aromatic carbocycles. The SMILES string of the molecule is CCC1CCC[SiH]1C. The van der Waals surface area contributed by atoms with E-state index in [-0.39, 0.29) is 8.80 Å². The zero-order chi connectivity index (χ0) is 5.98. The maximum absolute atomic E-state index is 2.53. The van der Waals surface area contributed by atoms with E-state index in [1.54, 1.807) is 18.9 Å². The summed E-state index contributed by atoms with van der Waals surface area (Å²) >= 11 is 0. The van der Waals surface area contributed by atoms with Crippen molar-refractivity contribution in [1.29, 1.82) is 0 Å². The summed E-state index contributed by atoms with van der Waals surface area (Å²) in [5.74, 6) is 0. The van der Waals surface area contributed by atoms with E-state index in [4.69, 9.17) is 0 Å². The van der Waals surface area contributed by atoms with Crippen molar-refractivity contribution in [2.24, 2.45) is 0 Å². The Kier molecular flexibility index (Phi) is 2.12. The minimum Gasteiger partial charge on any atom is -0.0718 e. The molecule has 0 bridgehead atoms. The van der Waals surface area contributed by atoms with Crippen molar-refractivity contribution >= 4 is 8.80 Å². The molecule has 1 heterocycles. The first-order valence-electron chi connectivity index (χ1n) is 3.84. The van der Waals surface area contributed by atoms with Gasteiger partial charge in [0.05, 0.1) is 0 Å². The molecule has 0 saturated carbocycles. The normalized spacial score (nSPS) is 38.2. The van der Waals surface area contributed by atoms with Gasteiger partial charge in [-0.1, -0.05) is 38.8 Å². The summed E-state index contributed by atoms with van der Waals surface area (Å²) in [6, 6.07) is 1.62. The first-order valence-corrected chi connectivity index (χ1v) is 6.48. The highest BCUT2D eigenvalue weighted by atomic mass is 28.3. The van der Waals surface area contributed by atoms with Crippen molar-refractivity contribution in [1.82, 2.24) is 0 Å². The number of rotatable bonds is 1. The van der Waals surface area contributed by atoms with Crippen LogP contribution >= 0.6 is 0 Å². The van der Waals surface area contributed by atoms with Gasteiger partial charge in [-0.05, 0) is 5.54 Å². The van der Waals surface area contributed by atoms with Crippen molar-refractivity contribution in [3.8, 4) is 0 Å². The van der Waals surface area contributed by atoms with Gasteiger partial charge in [0.2, 0.25) is 0 Å². The Morgan fingerprint density at radius 2 is 2.38 bits per heavy atom. The summed E-state index contributed by atoms with van der Waals surface area (Å²) in [6.07, 6.45) is 4.57. The molecule has 1 rings (SSSR count). The molecule has 48 valence electrons. The van der Waals surface area contributed by atoms with Gasteiger partial charge in [0.1, 0.15) is 0 Å². The molecular formula is C7H16Si. The first-order chi connectivity index (χ1) is 3.84. The largest absolute Gasteiger partial charge is 0.0718 e. The standard InChI is InChI=1S/C7H16Si/c1-3-7-5-4-6-8(7)2/h7-8H,3-6H2,1-2H3.